The summed E-state index contributed by atoms with van der Waals surface area (Å²) >= 11 is 0. The molecule has 1 aliphatic rings. The number of rotatable bonds is 1. The summed E-state index contributed by atoms with van der Waals surface area (Å²) in [5, 5.41) is 1.35. The number of allylic oxidation sites excluding steroid dienone is 2. The minimum absolute atomic E-state index is 0.369. The van der Waals surface area contributed by atoms with Gasteiger partial charge in [-0.15, -0.1) is 0 Å². The van der Waals surface area contributed by atoms with Crippen LogP contribution in [0.4, 0.5) is 0 Å². The standard InChI is InChI=1S/C15H17N/c1-15(2)8-7-11(9-15)13-10-16-14-6-4-3-5-12(13)14/h3-6,9-10,16H,7-8H2,1-2H3. The van der Waals surface area contributed by atoms with Crippen molar-refractivity contribution in [3.63, 3.8) is 0 Å². The zero-order valence-electron chi connectivity index (χ0n) is 9.88. The molecule has 1 N–H and O–H groups in total. The maximum Gasteiger partial charge on any atom is 0.0460 e. The molecule has 0 atom stereocenters. The molecule has 3 rings (SSSR count). The van der Waals surface area contributed by atoms with Gasteiger partial charge in [-0.1, -0.05) is 38.1 Å². The Labute approximate surface area is 96.2 Å². The highest BCUT2D eigenvalue weighted by Gasteiger charge is 2.24. The smallest absolute Gasteiger partial charge is 0.0460 e. The van der Waals surface area contributed by atoms with Gasteiger partial charge in [-0.05, 0) is 29.9 Å². The van der Waals surface area contributed by atoms with Crippen molar-refractivity contribution in [2.75, 3.05) is 0 Å². The predicted octanol–water partition coefficient (Wildman–Crippen LogP) is 4.37. The molecule has 1 aliphatic carbocycles. The van der Waals surface area contributed by atoms with Gasteiger partial charge >= 0.3 is 0 Å². The van der Waals surface area contributed by atoms with Crippen LogP contribution in [0.1, 0.15) is 32.3 Å². The quantitative estimate of drug-likeness (QED) is 0.721. The third-order valence-electron chi connectivity index (χ3n) is 3.54. The normalized spacial score (nSPS) is 19.0. The van der Waals surface area contributed by atoms with E-state index >= 15 is 0 Å². The third kappa shape index (κ3) is 1.47. The molecule has 0 bridgehead atoms. The van der Waals surface area contributed by atoms with Gasteiger partial charge in [-0.2, -0.15) is 0 Å². The maximum atomic E-state index is 3.35. The fourth-order valence-electron chi connectivity index (χ4n) is 2.62. The molecule has 0 amide bonds. The number of hydrogen-bond donors (Lipinski definition) is 1. The maximum absolute atomic E-state index is 3.35. The van der Waals surface area contributed by atoms with Crippen molar-refractivity contribution in [3.8, 4) is 0 Å². The zero-order valence-corrected chi connectivity index (χ0v) is 9.88. The number of aromatic nitrogens is 1. The first-order valence-electron chi connectivity index (χ1n) is 5.94. The summed E-state index contributed by atoms with van der Waals surface area (Å²) < 4.78 is 0. The number of para-hydroxylation sites is 1. The first kappa shape index (κ1) is 9.71. The molecule has 0 aliphatic heterocycles. The van der Waals surface area contributed by atoms with Gasteiger partial charge in [0.25, 0.3) is 0 Å². The van der Waals surface area contributed by atoms with E-state index in [0.717, 1.165) is 0 Å². The number of benzene rings is 1. The highest BCUT2D eigenvalue weighted by Crippen LogP contribution is 2.41. The first-order valence-corrected chi connectivity index (χ1v) is 5.94. The van der Waals surface area contributed by atoms with Crippen LogP contribution in [-0.2, 0) is 0 Å². The highest BCUT2D eigenvalue weighted by atomic mass is 14.7. The molecule has 1 aromatic carbocycles. The molecule has 0 saturated carbocycles. The lowest BCUT2D eigenvalue weighted by molar-refractivity contribution is 0.471. The van der Waals surface area contributed by atoms with Crippen molar-refractivity contribution in [3.05, 3.63) is 42.1 Å². The Morgan fingerprint density at radius 2 is 2.00 bits per heavy atom. The SMILES string of the molecule is CC1(C)C=C(c2c[nH]c3ccccc23)CC1. The fourth-order valence-corrected chi connectivity index (χ4v) is 2.62. The van der Waals surface area contributed by atoms with Gasteiger partial charge in [0, 0.05) is 22.7 Å². The summed E-state index contributed by atoms with van der Waals surface area (Å²) in [6.45, 7) is 4.63. The number of hydrogen-bond acceptors (Lipinski definition) is 0. The number of aromatic amines is 1. The third-order valence-corrected chi connectivity index (χ3v) is 3.54. The van der Waals surface area contributed by atoms with E-state index in [9.17, 15) is 0 Å². The molecule has 0 saturated heterocycles. The summed E-state index contributed by atoms with van der Waals surface area (Å²) in [5.41, 5.74) is 4.50. The average molecular weight is 211 g/mol. The minimum atomic E-state index is 0.369. The van der Waals surface area contributed by atoms with Crippen molar-refractivity contribution in [1.29, 1.82) is 0 Å². The van der Waals surface area contributed by atoms with Crippen LogP contribution in [0.25, 0.3) is 16.5 Å². The van der Waals surface area contributed by atoms with E-state index in [1.807, 2.05) is 0 Å². The molecule has 1 nitrogen and oxygen atoms in total. The molecule has 0 spiro atoms. The summed E-state index contributed by atoms with van der Waals surface area (Å²) in [7, 11) is 0. The second-order valence-corrected chi connectivity index (χ2v) is 5.41. The first-order chi connectivity index (χ1) is 7.66. The molecule has 16 heavy (non-hydrogen) atoms. The van der Waals surface area contributed by atoms with Gasteiger partial charge in [0.15, 0.2) is 0 Å². The van der Waals surface area contributed by atoms with Crippen molar-refractivity contribution >= 4 is 16.5 Å². The molecular weight excluding hydrogens is 194 g/mol. The van der Waals surface area contributed by atoms with Gasteiger partial charge in [0.2, 0.25) is 0 Å². The fraction of sp³-hybridized carbons (Fsp3) is 0.333. The molecule has 1 heterocycles. The summed E-state index contributed by atoms with van der Waals surface area (Å²) in [6, 6.07) is 8.53. The number of nitrogens with one attached hydrogen (secondary N) is 1. The van der Waals surface area contributed by atoms with Gasteiger partial charge < -0.3 is 4.98 Å². The number of fused-ring (bicyclic) bond motifs is 1. The van der Waals surface area contributed by atoms with Crippen LogP contribution in [0, 0.1) is 5.41 Å². The van der Waals surface area contributed by atoms with E-state index in [0.29, 0.717) is 5.41 Å². The Balaban J connectivity index is 2.14. The molecule has 82 valence electrons. The van der Waals surface area contributed by atoms with Crippen LogP contribution in [-0.4, -0.2) is 4.98 Å². The Kier molecular flexibility index (Phi) is 1.97. The van der Waals surface area contributed by atoms with Crippen LogP contribution in [0.3, 0.4) is 0 Å². The summed E-state index contributed by atoms with van der Waals surface area (Å²) in [5.74, 6) is 0. The van der Waals surface area contributed by atoms with E-state index in [-0.39, 0.29) is 0 Å². The summed E-state index contributed by atoms with van der Waals surface area (Å²) in [6.07, 6.45) is 7.05. The zero-order chi connectivity index (χ0) is 11.2. The molecule has 0 unspecified atom stereocenters. The lowest BCUT2D eigenvalue weighted by Gasteiger charge is -2.11. The van der Waals surface area contributed by atoms with E-state index in [2.05, 4.69) is 55.4 Å². The van der Waals surface area contributed by atoms with Gasteiger partial charge in [-0.3, -0.25) is 0 Å². The van der Waals surface area contributed by atoms with Crippen molar-refractivity contribution in [1.82, 2.24) is 4.98 Å². The molecule has 0 fully saturated rings. The second-order valence-electron chi connectivity index (χ2n) is 5.41. The predicted molar refractivity (Wildman–Crippen MR) is 69.3 cm³/mol. The topological polar surface area (TPSA) is 15.8 Å². The van der Waals surface area contributed by atoms with Gasteiger partial charge in [-0.25, -0.2) is 0 Å². The molecule has 1 heteroatoms. The van der Waals surface area contributed by atoms with Crippen LogP contribution in [0.2, 0.25) is 0 Å². The second kappa shape index (κ2) is 3.24. The Morgan fingerprint density at radius 3 is 2.75 bits per heavy atom. The van der Waals surface area contributed by atoms with Gasteiger partial charge in [0.1, 0.15) is 0 Å². The minimum Gasteiger partial charge on any atom is -0.361 e. The van der Waals surface area contributed by atoms with Crippen LogP contribution in [0.5, 0.6) is 0 Å². The van der Waals surface area contributed by atoms with E-state index in [4.69, 9.17) is 0 Å². The largest absolute Gasteiger partial charge is 0.361 e. The van der Waals surface area contributed by atoms with E-state index in [1.54, 1.807) is 0 Å². The van der Waals surface area contributed by atoms with Crippen LogP contribution < -0.4 is 0 Å². The highest BCUT2D eigenvalue weighted by molar-refractivity contribution is 5.93. The van der Waals surface area contributed by atoms with E-state index in [1.165, 1.54) is 34.9 Å². The van der Waals surface area contributed by atoms with E-state index < -0.39 is 0 Å². The van der Waals surface area contributed by atoms with Crippen molar-refractivity contribution in [2.45, 2.75) is 26.7 Å². The molecular formula is C15H17N. The van der Waals surface area contributed by atoms with Crippen LogP contribution in [0.15, 0.2) is 36.5 Å². The average Bonchev–Trinajstić information content (AvgIpc) is 2.81. The van der Waals surface area contributed by atoms with Gasteiger partial charge in [0.05, 0.1) is 0 Å². The molecule has 1 aromatic heterocycles. The Hall–Kier alpha value is -1.50. The molecule has 2 aromatic rings. The number of H-pyrrole nitrogens is 1. The van der Waals surface area contributed by atoms with Crippen LogP contribution >= 0.6 is 0 Å². The van der Waals surface area contributed by atoms with Crippen molar-refractivity contribution < 1.29 is 0 Å². The lowest BCUT2D eigenvalue weighted by Crippen LogP contribution is -2.00. The summed E-state index contributed by atoms with van der Waals surface area (Å²) in [4.78, 5) is 3.35. The van der Waals surface area contributed by atoms with Crippen molar-refractivity contribution in [2.24, 2.45) is 5.41 Å². The Bertz CT molecular complexity index is 558. The monoisotopic (exact) mass is 211 g/mol. The lowest BCUT2D eigenvalue weighted by atomic mass is 9.94. The molecule has 0 radical (unpaired) electrons. The Morgan fingerprint density at radius 1 is 1.19 bits per heavy atom.